The van der Waals surface area contributed by atoms with Crippen molar-refractivity contribution in [2.24, 2.45) is 5.73 Å². The molecule has 1 unspecified atom stereocenters. The lowest BCUT2D eigenvalue weighted by atomic mass is 10.1. The summed E-state index contributed by atoms with van der Waals surface area (Å²) in [5.74, 6) is 2.61. The van der Waals surface area contributed by atoms with Crippen molar-refractivity contribution >= 4 is 0 Å². The van der Waals surface area contributed by atoms with Crippen molar-refractivity contribution in [2.75, 3.05) is 20.1 Å². The molecule has 0 aliphatic heterocycles. The van der Waals surface area contributed by atoms with Crippen LogP contribution in [0.1, 0.15) is 5.56 Å². The van der Waals surface area contributed by atoms with E-state index in [2.05, 4.69) is 23.0 Å². The molecular weight excluding hydrogens is 184 g/mol. The molecule has 1 aromatic carbocycles. The third-order valence-electron chi connectivity index (χ3n) is 2.25. The molecule has 1 rings (SSSR count). The van der Waals surface area contributed by atoms with Crippen molar-refractivity contribution in [3.8, 4) is 12.3 Å². The second-order valence-corrected chi connectivity index (χ2v) is 3.85. The van der Waals surface area contributed by atoms with E-state index in [1.54, 1.807) is 0 Å². The molecule has 0 saturated heterocycles. The SMILES string of the molecule is C#CCN(C)CC(N)Cc1ccccc1. The number of hydrogen-bond donors (Lipinski definition) is 1. The minimum Gasteiger partial charge on any atom is -0.326 e. The Hall–Kier alpha value is -1.30. The van der Waals surface area contributed by atoms with Gasteiger partial charge in [0, 0.05) is 12.6 Å². The summed E-state index contributed by atoms with van der Waals surface area (Å²) in [5, 5.41) is 0. The molecule has 0 aliphatic rings. The van der Waals surface area contributed by atoms with Gasteiger partial charge in [-0.2, -0.15) is 0 Å². The molecule has 0 radical (unpaired) electrons. The number of nitrogens with two attached hydrogens (primary N) is 1. The van der Waals surface area contributed by atoms with Crippen LogP contribution in [0.15, 0.2) is 30.3 Å². The topological polar surface area (TPSA) is 29.3 Å². The van der Waals surface area contributed by atoms with E-state index in [0.717, 1.165) is 13.0 Å². The zero-order valence-electron chi connectivity index (χ0n) is 9.19. The van der Waals surface area contributed by atoms with Crippen LogP contribution < -0.4 is 5.73 Å². The second kappa shape index (κ2) is 6.23. The number of hydrogen-bond acceptors (Lipinski definition) is 2. The van der Waals surface area contributed by atoms with Gasteiger partial charge in [0.2, 0.25) is 0 Å². The molecule has 1 aromatic rings. The smallest absolute Gasteiger partial charge is 0.0596 e. The molecule has 0 fully saturated rings. The molecular formula is C13H18N2. The first-order valence-electron chi connectivity index (χ1n) is 5.14. The summed E-state index contributed by atoms with van der Waals surface area (Å²) in [4.78, 5) is 2.06. The lowest BCUT2D eigenvalue weighted by Gasteiger charge is -2.18. The lowest BCUT2D eigenvalue weighted by molar-refractivity contribution is 0.344. The number of benzene rings is 1. The zero-order chi connectivity index (χ0) is 11.1. The van der Waals surface area contributed by atoms with Crippen LogP contribution in [0.5, 0.6) is 0 Å². The Morgan fingerprint density at radius 3 is 2.67 bits per heavy atom. The predicted octanol–water partition coefficient (Wildman–Crippen LogP) is 1.12. The van der Waals surface area contributed by atoms with Crippen LogP contribution in [0.3, 0.4) is 0 Å². The van der Waals surface area contributed by atoms with Gasteiger partial charge in [-0.05, 0) is 19.0 Å². The van der Waals surface area contributed by atoms with Gasteiger partial charge in [0.15, 0.2) is 0 Å². The van der Waals surface area contributed by atoms with Gasteiger partial charge in [0.05, 0.1) is 6.54 Å². The average Bonchev–Trinajstić information content (AvgIpc) is 2.19. The summed E-state index contributed by atoms with van der Waals surface area (Å²) >= 11 is 0. The van der Waals surface area contributed by atoms with Crippen molar-refractivity contribution < 1.29 is 0 Å². The largest absolute Gasteiger partial charge is 0.326 e. The van der Waals surface area contributed by atoms with Gasteiger partial charge in [-0.1, -0.05) is 36.3 Å². The standard InChI is InChI=1S/C13H18N2/c1-3-9-15(2)11-13(14)10-12-7-5-4-6-8-12/h1,4-8,13H,9-11,14H2,2H3. The minimum absolute atomic E-state index is 0.144. The first-order valence-corrected chi connectivity index (χ1v) is 5.14. The number of likely N-dealkylation sites (N-methyl/N-ethyl adjacent to an activating group) is 1. The first-order chi connectivity index (χ1) is 7.22. The molecule has 15 heavy (non-hydrogen) atoms. The van der Waals surface area contributed by atoms with E-state index in [-0.39, 0.29) is 6.04 Å². The molecule has 0 bridgehead atoms. The quantitative estimate of drug-likeness (QED) is 0.725. The summed E-state index contributed by atoms with van der Waals surface area (Å²) in [6, 6.07) is 10.4. The Labute approximate surface area is 92.1 Å². The summed E-state index contributed by atoms with van der Waals surface area (Å²) in [6.45, 7) is 1.49. The molecule has 2 heteroatoms. The molecule has 2 nitrogen and oxygen atoms in total. The monoisotopic (exact) mass is 202 g/mol. The van der Waals surface area contributed by atoms with Crippen LogP contribution in [-0.2, 0) is 6.42 Å². The third-order valence-corrected chi connectivity index (χ3v) is 2.25. The van der Waals surface area contributed by atoms with Gasteiger partial charge in [0.1, 0.15) is 0 Å². The fraction of sp³-hybridized carbons (Fsp3) is 0.385. The molecule has 0 spiro atoms. The predicted molar refractivity (Wildman–Crippen MR) is 64.5 cm³/mol. The van der Waals surface area contributed by atoms with Crippen molar-refractivity contribution in [3.05, 3.63) is 35.9 Å². The molecule has 0 aliphatic carbocycles. The molecule has 0 heterocycles. The summed E-state index contributed by atoms with van der Waals surface area (Å²) < 4.78 is 0. The average molecular weight is 202 g/mol. The van der Waals surface area contributed by atoms with E-state index >= 15 is 0 Å². The van der Waals surface area contributed by atoms with Crippen molar-refractivity contribution in [3.63, 3.8) is 0 Å². The van der Waals surface area contributed by atoms with Gasteiger partial charge in [-0.25, -0.2) is 0 Å². The maximum absolute atomic E-state index is 6.03. The van der Waals surface area contributed by atoms with Crippen LogP contribution >= 0.6 is 0 Å². The number of rotatable bonds is 5. The van der Waals surface area contributed by atoms with E-state index < -0.39 is 0 Å². The van der Waals surface area contributed by atoms with Crippen molar-refractivity contribution in [1.82, 2.24) is 4.90 Å². The fourth-order valence-corrected chi connectivity index (χ4v) is 1.60. The maximum atomic E-state index is 6.03. The van der Waals surface area contributed by atoms with E-state index in [9.17, 15) is 0 Å². The van der Waals surface area contributed by atoms with Crippen molar-refractivity contribution in [1.29, 1.82) is 0 Å². The zero-order valence-corrected chi connectivity index (χ0v) is 9.19. The van der Waals surface area contributed by atoms with Crippen LogP contribution in [-0.4, -0.2) is 31.1 Å². The Balaban J connectivity index is 2.37. The van der Waals surface area contributed by atoms with Gasteiger partial charge in [-0.15, -0.1) is 6.42 Å². The first kappa shape index (κ1) is 11.8. The molecule has 0 amide bonds. The fourth-order valence-electron chi connectivity index (χ4n) is 1.60. The number of terminal acetylenes is 1. The van der Waals surface area contributed by atoms with Crippen LogP contribution in [0, 0.1) is 12.3 Å². The maximum Gasteiger partial charge on any atom is 0.0596 e. The number of nitrogens with zero attached hydrogens (tertiary/aromatic N) is 1. The highest BCUT2D eigenvalue weighted by molar-refractivity contribution is 5.15. The summed E-state index contributed by atoms with van der Waals surface area (Å²) in [6.07, 6.45) is 6.12. The van der Waals surface area contributed by atoms with Gasteiger partial charge in [0.25, 0.3) is 0 Å². The van der Waals surface area contributed by atoms with Crippen LogP contribution in [0.25, 0.3) is 0 Å². The van der Waals surface area contributed by atoms with Crippen LogP contribution in [0.4, 0.5) is 0 Å². The third kappa shape index (κ3) is 4.64. The molecule has 0 saturated carbocycles. The van der Waals surface area contributed by atoms with Gasteiger partial charge >= 0.3 is 0 Å². The van der Waals surface area contributed by atoms with Gasteiger partial charge < -0.3 is 5.73 Å². The normalized spacial score (nSPS) is 12.4. The van der Waals surface area contributed by atoms with Crippen LogP contribution in [0.2, 0.25) is 0 Å². The Kier molecular flexibility index (Phi) is 4.89. The Bertz CT molecular complexity index is 313. The van der Waals surface area contributed by atoms with E-state index in [4.69, 9.17) is 12.2 Å². The molecule has 0 aromatic heterocycles. The molecule has 2 N–H and O–H groups in total. The highest BCUT2D eigenvalue weighted by atomic mass is 15.1. The summed E-state index contributed by atoms with van der Waals surface area (Å²) in [7, 11) is 1.99. The van der Waals surface area contributed by atoms with E-state index in [1.165, 1.54) is 5.56 Å². The highest BCUT2D eigenvalue weighted by Crippen LogP contribution is 2.02. The second-order valence-electron chi connectivity index (χ2n) is 3.85. The minimum atomic E-state index is 0.144. The highest BCUT2D eigenvalue weighted by Gasteiger charge is 2.06. The molecule has 1 atom stereocenters. The lowest BCUT2D eigenvalue weighted by Crippen LogP contribution is -2.36. The summed E-state index contributed by atoms with van der Waals surface area (Å²) in [5.41, 5.74) is 7.30. The van der Waals surface area contributed by atoms with E-state index in [0.29, 0.717) is 6.54 Å². The van der Waals surface area contributed by atoms with Gasteiger partial charge in [-0.3, -0.25) is 4.90 Å². The van der Waals surface area contributed by atoms with Crippen molar-refractivity contribution in [2.45, 2.75) is 12.5 Å². The Morgan fingerprint density at radius 2 is 2.07 bits per heavy atom. The van der Waals surface area contributed by atoms with E-state index in [1.807, 2.05) is 25.2 Å². The Morgan fingerprint density at radius 1 is 1.40 bits per heavy atom. The molecule has 80 valence electrons.